The first-order valence-corrected chi connectivity index (χ1v) is 11.0. The molecule has 0 N–H and O–H groups in total. The molecule has 3 rings (SSSR count). The molecular formula is C22H22F3NO6S. The summed E-state index contributed by atoms with van der Waals surface area (Å²) in [5.74, 6) is -0.338. The van der Waals surface area contributed by atoms with Crippen LogP contribution >= 0.6 is 0 Å². The Morgan fingerprint density at radius 3 is 2.00 bits per heavy atom. The minimum atomic E-state index is -5.94. The van der Waals surface area contributed by atoms with Crippen molar-refractivity contribution in [3.05, 3.63) is 41.1 Å². The Morgan fingerprint density at radius 2 is 1.45 bits per heavy atom. The average molecular weight is 485 g/mol. The molecule has 0 amide bonds. The van der Waals surface area contributed by atoms with Crippen molar-refractivity contribution in [1.29, 1.82) is 0 Å². The molecule has 11 heteroatoms. The standard InChI is InChI=1S/C22H22F3NO6S/c1-11-7-15-8-16(26-13(3)19(15)20(30-5)12(11)2)14-9-17(29-4)21(31-6)18(10-14)32-33(27,28)22(23,24)25/h7-10H,1-6H3. The Morgan fingerprint density at radius 1 is 0.848 bits per heavy atom. The number of pyridine rings is 1. The van der Waals surface area contributed by atoms with Gasteiger partial charge in [-0.2, -0.15) is 21.6 Å². The first-order chi connectivity index (χ1) is 15.3. The lowest BCUT2D eigenvalue weighted by atomic mass is 9.98. The zero-order chi connectivity index (χ0) is 24.7. The van der Waals surface area contributed by atoms with Crippen LogP contribution in [0.5, 0.6) is 23.0 Å². The Kier molecular flexibility index (Phi) is 6.38. The highest BCUT2D eigenvalue weighted by Gasteiger charge is 2.49. The molecule has 0 aliphatic heterocycles. The molecule has 1 heterocycles. The van der Waals surface area contributed by atoms with Crippen LogP contribution in [-0.2, 0) is 10.1 Å². The third-order valence-corrected chi connectivity index (χ3v) is 6.16. The van der Waals surface area contributed by atoms with E-state index in [4.69, 9.17) is 14.2 Å². The molecule has 178 valence electrons. The van der Waals surface area contributed by atoms with E-state index >= 15 is 0 Å². The van der Waals surface area contributed by atoms with Gasteiger partial charge < -0.3 is 18.4 Å². The van der Waals surface area contributed by atoms with Gasteiger partial charge in [-0.3, -0.25) is 4.98 Å². The lowest BCUT2D eigenvalue weighted by molar-refractivity contribution is -0.0500. The highest BCUT2D eigenvalue weighted by atomic mass is 32.2. The van der Waals surface area contributed by atoms with Crippen molar-refractivity contribution in [3.63, 3.8) is 0 Å². The second-order valence-corrected chi connectivity index (χ2v) is 8.77. The molecule has 0 unspecified atom stereocenters. The van der Waals surface area contributed by atoms with Gasteiger partial charge in [0.1, 0.15) is 5.75 Å². The number of aromatic nitrogens is 1. The van der Waals surface area contributed by atoms with Crippen LogP contribution in [0.25, 0.3) is 22.0 Å². The fraction of sp³-hybridized carbons (Fsp3) is 0.318. The molecule has 0 fully saturated rings. The lowest BCUT2D eigenvalue weighted by Gasteiger charge is -2.17. The summed E-state index contributed by atoms with van der Waals surface area (Å²) in [6.07, 6.45) is 0. The summed E-state index contributed by atoms with van der Waals surface area (Å²) in [6.45, 7) is 5.63. The first kappa shape index (κ1) is 24.4. The maximum atomic E-state index is 12.9. The molecule has 0 aliphatic rings. The molecule has 0 spiro atoms. The number of benzene rings is 2. The summed E-state index contributed by atoms with van der Waals surface area (Å²) < 4.78 is 82.2. The van der Waals surface area contributed by atoms with Crippen molar-refractivity contribution < 1.29 is 40.0 Å². The van der Waals surface area contributed by atoms with Crippen molar-refractivity contribution in [1.82, 2.24) is 4.98 Å². The van der Waals surface area contributed by atoms with Crippen LogP contribution in [0.4, 0.5) is 13.2 Å². The second kappa shape index (κ2) is 8.62. The Labute approximate surface area is 189 Å². The number of ether oxygens (including phenoxy) is 3. The molecule has 0 atom stereocenters. The summed E-state index contributed by atoms with van der Waals surface area (Å²) in [6, 6.07) is 6.24. The Hall–Kier alpha value is -3.21. The highest BCUT2D eigenvalue weighted by molar-refractivity contribution is 7.88. The molecule has 0 aliphatic carbocycles. The summed E-state index contributed by atoms with van der Waals surface area (Å²) >= 11 is 0. The van der Waals surface area contributed by atoms with E-state index in [-0.39, 0.29) is 17.1 Å². The van der Waals surface area contributed by atoms with Gasteiger partial charge in [0, 0.05) is 16.6 Å². The van der Waals surface area contributed by atoms with Gasteiger partial charge in [-0.15, -0.1) is 0 Å². The summed E-state index contributed by atoms with van der Waals surface area (Å²) in [5.41, 5.74) is -2.44. The SMILES string of the molecule is COc1cc(-c2cc3cc(C)c(C)c(OC)c3c(C)n2)cc(OS(=O)(=O)C(F)(F)F)c1OC. The highest BCUT2D eigenvalue weighted by Crippen LogP contribution is 2.44. The van der Waals surface area contributed by atoms with Gasteiger partial charge in [-0.05, 0) is 55.5 Å². The van der Waals surface area contributed by atoms with Crippen molar-refractivity contribution in [3.8, 4) is 34.3 Å². The predicted molar refractivity (Wildman–Crippen MR) is 117 cm³/mol. The number of halogens is 3. The molecule has 0 radical (unpaired) electrons. The van der Waals surface area contributed by atoms with Crippen molar-refractivity contribution in [2.75, 3.05) is 21.3 Å². The van der Waals surface area contributed by atoms with Crippen LogP contribution in [0.1, 0.15) is 16.8 Å². The molecule has 7 nitrogen and oxygen atoms in total. The summed E-state index contributed by atoms with van der Waals surface area (Å²) in [5, 5.41) is 1.58. The van der Waals surface area contributed by atoms with Gasteiger partial charge in [0.15, 0.2) is 11.5 Å². The van der Waals surface area contributed by atoms with E-state index in [0.717, 1.165) is 35.1 Å². The number of hydrogen-bond donors (Lipinski definition) is 0. The predicted octanol–water partition coefficient (Wildman–Crippen LogP) is 5.08. The molecular weight excluding hydrogens is 463 g/mol. The Balaban J connectivity index is 2.28. The summed E-state index contributed by atoms with van der Waals surface area (Å²) in [4.78, 5) is 4.56. The normalized spacial score (nSPS) is 12.0. The second-order valence-electron chi connectivity index (χ2n) is 7.24. The van der Waals surface area contributed by atoms with Gasteiger partial charge >= 0.3 is 15.6 Å². The zero-order valence-corrected chi connectivity index (χ0v) is 19.6. The number of methoxy groups -OCH3 is 3. The van der Waals surface area contributed by atoms with Crippen LogP contribution in [0.15, 0.2) is 24.3 Å². The number of rotatable bonds is 6. The number of nitrogens with zero attached hydrogens (tertiary/aromatic N) is 1. The van der Waals surface area contributed by atoms with Crippen LogP contribution in [0.3, 0.4) is 0 Å². The van der Waals surface area contributed by atoms with E-state index in [9.17, 15) is 21.6 Å². The van der Waals surface area contributed by atoms with Crippen molar-refractivity contribution in [2.45, 2.75) is 26.3 Å². The molecule has 0 saturated carbocycles. The third kappa shape index (κ3) is 4.37. The average Bonchev–Trinajstić information content (AvgIpc) is 2.73. The van der Waals surface area contributed by atoms with Crippen molar-refractivity contribution in [2.24, 2.45) is 0 Å². The monoisotopic (exact) mass is 485 g/mol. The fourth-order valence-corrected chi connectivity index (χ4v) is 3.98. The van der Waals surface area contributed by atoms with E-state index in [1.165, 1.54) is 13.2 Å². The van der Waals surface area contributed by atoms with Gasteiger partial charge in [0.2, 0.25) is 5.75 Å². The van der Waals surface area contributed by atoms with Crippen LogP contribution in [-0.4, -0.2) is 40.2 Å². The topological polar surface area (TPSA) is 84.0 Å². The molecule has 33 heavy (non-hydrogen) atoms. The van der Waals surface area contributed by atoms with Crippen LogP contribution in [0, 0.1) is 20.8 Å². The maximum Gasteiger partial charge on any atom is 0.534 e. The maximum absolute atomic E-state index is 12.9. The quantitative estimate of drug-likeness (QED) is 0.356. The van der Waals surface area contributed by atoms with Gasteiger partial charge in [0.05, 0.1) is 27.0 Å². The van der Waals surface area contributed by atoms with Crippen LogP contribution in [0.2, 0.25) is 0 Å². The van der Waals surface area contributed by atoms with E-state index in [1.54, 1.807) is 20.1 Å². The van der Waals surface area contributed by atoms with Gasteiger partial charge in [-0.25, -0.2) is 0 Å². The van der Waals surface area contributed by atoms with E-state index < -0.39 is 21.4 Å². The Bertz CT molecular complexity index is 1340. The van der Waals surface area contributed by atoms with Crippen LogP contribution < -0.4 is 18.4 Å². The fourth-order valence-electron chi connectivity index (χ4n) is 3.52. The molecule has 0 bridgehead atoms. The molecule has 0 saturated heterocycles. The van der Waals surface area contributed by atoms with Gasteiger partial charge in [0.25, 0.3) is 0 Å². The number of alkyl halides is 3. The number of hydrogen-bond acceptors (Lipinski definition) is 7. The lowest BCUT2D eigenvalue weighted by Crippen LogP contribution is -2.28. The van der Waals surface area contributed by atoms with Gasteiger partial charge in [-0.1, -0.05) is 6.07 Å². The largest absolute Gasteiger partial charge is 0.534 e. The summed E-state index contributed by atoms with van der Waals surface area (Å²) in [7, 11) is -1.96. The van der Waals surface area contributed by atoms with Crippen molar-refractivity contribution >= 4 is 20.9 Å². The zero-order valence-electron chi connectivity index (χ0n) is 18.7. The number of aryl methyl sites for hydroxylation is 2. The molecule has 2 aromatic carbocycles. The first-order valence-electron chi connectivity index (χ1n) is 9.57. The minimum Gasteiger partial charge on any atom is -0.496 e. The third-order valence-electron chi connectivity index (χ3n) is 5.19. The minimum absolute atomic E-state index is 0.0282. The smallest absolute Gasteiger partial charge is 0.496 e. The molecule has 1 aromatic heterocycles. The van der Waals surface area contributed by atoms with E-state index in [1.807, 2.05) is 19.9 Å². The number of fused-ring (bicyclic) bond motifs is 1. The molecule has 3 aromatic rings. The van der Waals surface area contributed by atoms with E-state index in [0.29, 0.717) is 17.1 Å². The van der Waals surface area contributed by atoms with E-state index in [2.05, 4.69) is 9.17 Å².